The van der Waals surface area contributed by atoms with Gasteiger partial charge in [-0.15, -0.1) is 5.10 Å². The fraction of sp³-hybridized carbons (Fsp3) is 0.444. The molecular formula is C36H45N7O2. The van der Waals surface area contributed by atoms with Crippen LogP contribution in [0.1, 0.15) is 101 Å². The molecule has 3 aromatic heterocycles. The maximum atomic E-state index is 12.4. The second-order valence-electron chi connectivity index (χ2n) is 11.5. The lowest BCUT2D eigenvalue weighted by atomic mass is 9.98. The molecule has 0 aliphatic heterocycles. The van der Waals surface area contributed by atoms with Crippen LogP contribution in [-0.2, 0) is 16.1 Å². The van der Waals surface area contributed by atoms with Crippen LogP contribution in [0, 0.1) is 11.3 Å². The zero-order chi connectivity index (χ0) is 31.9. The summed E-state index contributed by atoms with van der Waals surface area (Å²) in [7, 11) is 0. The molecule has 0 bridgehead atoms. The number of nitriles is 1. The Hall–Kier alpha value is -4.42. The summed E-state index contributed by atoms with van der Waals surface area (Å²) in [6, 6.07) is 19.2. The van der Waals surface area contributed by atoms with Gasteiger partial charge >= 0.3 is 0 Å². The third-order valence-electron chi connectivity index (χ3n) is 7.80. The van der Waals surface area contributed by atoms with Crippen molar-refractivity contribution in [2.24, 2.45) is 0 Å². The highest BCUT2D eigenvalue weighted by Gasteiger charge is 2.14. The van der Waals surface area contributed by atoms with Crippen molar-refractivity contribution < 1.29 is 9.53 Å². The van der Waals surface area contributed by atoms with E-state index in [-0.39, 0.29) is 12.5 Å². The maximum Gasteiger partial charge on any atom is 0.251 e. The Kier molecular flexibility index (Phi) is 13.2. The van der Waals surface area contributed by atoms with Crippen LogP contribution in [0.5, 0.6) is 0 Å². The van der Waals surface area contributed by atoms with E-state index in [0.29, 0.717) is 41.8 Å². The van der Waals surface area contributed by atoms with E-state index in [1.54, 1.807) is 22.9 Å². The van der Waals surface area contributed by atoms with Crippen molar-refractivity contribution in [2.45, 2.75) is 91.0 Å². The largest absolute Gasteiger partial charge is 0.372 e. The summed E-state index contributed by atoms with van der Waals surface area (Å²) in [4.78, 5) is 22.0. The molecule has 9 nitrogen and oxygen atoms in total. The number of nitrogens with zero attached hydrogens (tertiary/aromatic N) is 6. The van der Waals surface area contributed by atoms with Gasteiger partial charge in [-0.2, -0.15) is 5.26 Å². The number of amides is 1. The van der Waals surface area contributed by atoms with Crippen LogP contribution in [0.15, 0.2) is 60.8 Å². The van der Waals surface area contributed by atoms with Crippen molar-refractivity contribution >= 4 is 11.7 Å². The van der Waals surface area contributed by atoms with Gasteiger partial charge in [0.25, 0.3) is 5.91 Å². The van der Waals surface area contributed by atoms with E-state index in [0.717, 1.165) is 28.9 Å². The number of rotatable bonds is 18. The van der Waals surface area contributed by atoms with Gasteiger partial charge < -0.3 is 10.1 Å². The smallest absolute Gasteiger partial charge is 0.251 e. The third kappa shape index (κ3) is 10.6. The molecule has 0 saturated heterocycles. The first-order chi connectivity index (χ1) is 22.0. The van der Waals surface area contributed by atoms with E-state index in [2.05, 4.69) is 52.7 Å². The lowest BCUT2D eigenvalue weighted by molar-refractivity contribution is -0.120. The molecule has 0 aliphatic rings. The summed E-state index contributed by atoms with van der Waals surface area (Å²) in [6.45, 7) is 7.22. The molecule has 0 spiro atoms. The van der Waals surface area contributed by atoms with E-state index in [4.69, 9.17) is 9.72 Å². The van der Waals surface area contributed by atoms with Gasteiger partial charge in [0.1, 0.15) is 18.1 Å². The molecule has 236 valence electrons. The number of hydrogen-bond acceptors (Lipinski definition) is 7. The van der Waals surface area contributed by atoms with Crippen LogP contribution in [0.2, 0.25) is 0 Å². The van der Waals surface area contributed by atoms with Gasteiger partial charge in [-0.3, -0.25) is 9.78 Å². The Morgan fingerprint density at radius 3 is 2.49 bits per heavy atom. The van der Waals surface area contributed by atoms with Crippen LogP contribution >= 0.6 is 0 Å². The first-order valence-corrected chi connectivity index (χ1v) is 16.3. The molecule has 0 saturated carbocycles. The standard InChI is InChI=1S/C36H45N7O2/c1-4-6-7-8-9-10-11-12-15-27(3)32-19-14-18-31(38-32)24-43-25-34(41-42-43)30-21-33(29-17-13-16-28(20-29)23-37)39-35(22-30)40-36(44)26-45-5-2/h13-14,16-22,25,27H,4-12,15,24,26H2,1-3H3,(H,39,40,44). The van der Waals surface area contributed by atoms with Crippen molar-refractivity contribution in [3.63, 3.8) is 0 Å². The Labute approximate surface area is 267 Å². The van der Waals surface area contributed by atoms with Gasteiger partial charge in [0.15, 0.2) is 0 Å². The molecule has 4 rings (SSSR count). The molecule has 1 atom stereocenters. The normalized spacial score (nSPS) is 11.7. The molecule has 4 aromatic rings. The molecule has 1 N–H and O–H groups in total. The molecule has 0 radical (unpaired) electrons. The number of unbranched alkanes of at least 4 members (excludes halogenated alkanes) is 7. The van der Waals surface area contributed by atoms with Crippen LogP contribution < -0.4 is 5.32 Å². The molecule has 1 unspecified atom stereocenters. The summed E-state index contributed by atoms with van der Waals surface area (Å²) >= 11 is 0. The van der Waals surface area contributed by atoms with E-state index in [1.807, 2.05) is 37.4 Å². The quantitative estimate of drug-likeness (QED) is 0.114. The van der Waals surface area contributed by atoms with E-state index >= 15 is 0 Å². The Bertz CT molecular complexity index is 1560. The summed E-state index contributed by atoms with van der Waals surface area (Å²) in [5, 5.41) is 21.0. The van der Waals surface area contributed by atoms with Crippen LogP contribution in [0.25, 0.3) is 22.5 Å². The molecule has 1 aromatic carbocycles. The first kappa shape index (κ1) is 33.5. The highest BCUT2D eigenvalue weighted by Crippen LogP contribution is 2.28. The van der Waals surface area contributed by atoms with Crippen molar-refractivity contribution in [2.75, 3.05) is 18.5 Å². The van der Waals surface area contributed by atoms with Crippen molar-refractivity contribution in [1.82, 2.24) is 25.0 Å². The van der Waals surface area contributed by atoms with Crippen LogP contribution in [0.4, 0.5) is 5.82 Å². The second-order valence-corrected chi connectivity index (χ2v) is 11.5. The summed E-state index contributed by atoms with van der Waals surface area (Å²) in [5.74, 6) is 0.468. The van der Waals surface area contributed by atoms with Gasteiger partial charge in [0, 0.05) is 23.4 Å². The fourth-order valence-corrected chi connectivity index (χ4v) is 5.28. The highest BCUT2D eigenvalue weighted by atomic mass is 16.5. The molecule has 9 heteroatoms. The van der Waals surface area contributed by atoms with Crippen LogP contribution in [0.3, 0.4) is 0 Å². The number of nitrogens with one attached hydrogen (secondary N) is 1. The lowest BCUT2D eigenvalue weighted by Gasteiger charge is -2.12. The fourth-order valence-electron chi connectivity index (χ4n) is 5.28. The van der Waals surface area contributed by atoms with Gasteiger partial charge in [-0.1, -0.05) is 88.6 Å². The van der Waals surface area contributed by atoms with Gasteiger partial charge in [0.2, 0.25) is 0 Å². The van der Waals surface area contributed by atoms with Crippen molar-refractivity contribution in [1.29, 1.82) is 5.26 Å². The Balaban J connectivity index is 1.44. The predicted octanol–water partition coefficient (Wildman–Crippen LogP) is 7.93. The monoisotopic (exact) mass is 607 g/mol. The van der Waals surface area contributed by atoms with Crippen LogP contribution in [-0.4, -0.2) is 44.1 Å². The number of carbonyl (C=O) groups excluding carboxylic acids is 1. The molecule has 1 amide bonds. The number of carbonyl (C=O) groups is 1. The van der Waals surface area contributed by atoms with E-state index in [9.17, 15) is 10.1 Å². The first-order valence-electron chi connectivity index (χ1n) is 16.3. The van der Waals surface area contributed by atoms with E-state index in [1.165, 1.54) is 51.4 Å². The van der Waals surface area contributed by atoms with Gasteiger partial charge in [0.05, 0.1) is 35.8 Å². The molecule has 3 heterocycles. The maximum absolute atomic E-state index is 12.4. The lowest BCUT2D eigenvalue weighted by Crippen LogP contribution is -2.19. The number of benzene rings is 1. The third-order valence-corrected chi connectivity index (χ3v) is 7.80. The second kappa shape index (κ2) is 17.8. The Morgan fingerprint density at radius 1 is 0.933 bits per heavy atom. The number of aromatic nitrogens is 5. The predicted molar refractivity (Wildman–Crippen MR) is 178 cm³/mol. The summed E-state index contributed by atoms with van der Waals surface area (Å²) in [5.41, 5.74) is 5.29. The SMILES string of the molecule is CCCCCCCCCCC(C)c1cccc(Cn2cc(-c3cc(NC(=O)COCC)nc(-c4cccc(C#N)c4)c3)nn2)n1. The minimum atomic E-state index is -0.301. The minimum Gasteiger partial charge on any atom is -0.372 e. The number of anilines is 1. The zero-order valence-corrected chi connectivity index (χ0v) is 26.8. The summed E-state index contributed by atoms with van der Waals surface area (Å²) < 4.78 is 7.02. The highest BCUT2D eigenvalue weighted by molar-refractivity contribution is 5.91. The number of ether oxygens (including phenoxy) is 1. The van der Waals surface area contributed by atoms with Gasteiger partial charge in [-0.25, -0.2) is 9.67 Å². The number of hydrogen-bond donors (Lipinski definition) is 1. The molecule has 0 aliphatic carbocycles. The summed E-state index contributed by atoms with van der Waals surface area (Å²) in [6.07, 6.45) is 13.6. The molecule has 45 heavy (non-hydrogen) atoms. The topological polar surface area (TPSA) is 119 Å². The average molecular weight is 608 g/mol. The molecule has 0 fully saturated rings. The van der Waals surface area contributed by atoms with Crippen molar-refractivity contribution in [3.8, 4) is 28.6 Å². The Morgan fingerprint density at radius 2 is 1.71 bits per heavy atom. The molecular weight excluding hydrogens is 562 g/mol. The van der Waals surface area contributed by atoms with Gasteiger partial charge in [-0.05, 0) is 55.7 Å². The van der Waals surface area contributed by atoms with E-state index < -0.39 is 0 Å². The zero-order valence-electron chi connectivity index (χ0n) is 26.8. The number of pyridine rings is 2. The average Bonchev–Trinajstić information content (AvgIpc) is 3.53. The van der Waals surface area contributed by atoms with Crippen molar-refractivity contribution in [3.05, 3.63) is 77.7 Å². The minimum absolute atomic E-state index is 0.0678.